The number of piperidine rings is 1. The van der Waals surface area contributed by atoms with E-state index in [-0.39, 0.29) is 11.1 Å². The zero-order valence-corrected chi connectivity index (χ0v) is 15.2. The highest BCUT2D eigenvalue weighted by molar-refractivity contribution is 7.08. The van der Waals surface area contributed by atoms with Crippen LogP contribution in [0.15, 0.2) is 35.0 Å². The minimum absolute atomic E-state index is 0.324. The minimum Gasteiger partial charge on any atom is -0.481 e. The number of rotatable bonds is 4. The Morgan fingerprint density at radius 3 is 2.46 bits per heavy atom. The summed E-state index contributed by atoms with van der Waals surface area (Å²) in [6.45, 7) is 1.03. The molecule has 1 unspecified atom stereocenters. The molecule has 8 heteroatoms. The summed E-state index contributed by atoms with van der Waals surface area (Å²) in [5.41, 5.74) is 0.561. The second-order valence-corrected chi connectivity index (χ2v) is 7.53. The molecule has 0 radical (unpaired) electrons. The first-order chi connectivity index (χ1) is 12.3. The van der Waals surface area contributed by atoms with E-state index in [1.165, 1.54) is 17.4 Å². The van der Waals surface area contributed by atoms with Crippen LogP contribution >= 0.6 is 22.9 Å². The molecule has 26 heavy (non-hydrogen) atoms. The SMILES string of the molecule is O=C(O)C1CCN(C(c2ccsc2)c2ccc(Cl)c(C(F)(F)F)c2)CC1. The molecular weight excluding hydrogens is 387 g/mol. The molecule has 0 bridgehead atoms. The lowest BCUT2D eigenvalue weighted by molar-refractivity contribution is -0.143. The van der Waals surface area contributed by atoms with E-state index in [0.29, 0.717) is 31.5 Å². The maximum Gasteiger partial charge on any atom is 0.417 e. The Morgan fingerprint density at radius 2 is 1.92 bits per heavy atom. The van der Waals surface area contributed by atoms with E-state index in [9.17, 15) is 18.0 Å². The van der Waals surface area contributed by atoms with Gasteiger partial charge < -0.3 is 5.11 Å². The molecular formula is C18H17ClF3NO2S. The summed E-state index contributed by atoms with van der Waals surface area (Å²) in [6, 6.07) is 5.54. The monoisotopic (exact) mass is 403 g/mol. The van der Waals surface area contributed by atoms with Crippen LogP contribution in [-0.4, -0.2) is 29.1 Å². The number of alkyl halides is 3. The number of hydrogen-bond donors (Lipinski definition) is 1. The maximum absolute atomic E-state index is 13.3. The second-order valence-electron chi connectivity index (χ2n) is 6.34. The number of thiophene rings is 1. The largest absolute Gasteiger partial charge is 0.481 e. The fraction of sp³-hybridized carbons (Fsp3) is 0.389. The highest BCUT2D eigenvalue weighted by Gasteiger charge is 2.35. The first kappa shape index (κ1) is 19.2. The average molecular weight is 404 g/mol. The van der Waals surface area contributed by atoms with E-state index in [1.54, 1.807) is 6.07 Å². The standard InChI is InChI=1S/C18H17ClF3NO2S/c19-15-2-1-12(9-14(15)18(20,21)22)16(13-5-8-26-10-13)23-6-3-11(4-7-23)17(24)25/h1-2,5,8-11,16H,3-4,6-7H2,(H,24,25). The number of hydrogen-bond acceptors (Lipinski definition) is 3. The van der Waals surface area contributed by atoms with Gasteiger partial charge in [-0.3, -0.25) is 9.69 Å². The Balaban J connectivity index is 1.95. The van der Waals surface area contributed by atoms with Gasteiger partial charge >= 0.3 is 12.1 Å². The van der Waals surface area contributed by atoms with Crippen LogP contribution in [0.1, 0.15) is 35.6 Å². The second kappa shape index (κ2) is 7.58. The highest BCUT2D eigenvalue weighted by atomic mass is 35.5. The molecule has 2 aromatic rings. The lowest BCUT2D eigenvalue weighted by Gasteiger charge is -2.37. The van der Waals surface area contributed by atoms with Gasteiger partial charge in [0.1, 0.15) is 0 Å². The molecule has 3 rings (SSSR count). The Morgan fingerprint density at radius 1 is 1.23 bits per heavy atom. The number of halogens is 4. The van der Waals surface area contributed by atoms with E-state index < -0.39 is 23.6 Å². The zero-order valence-electron chi connectivity index (χ0n) is 13.7. The van der Waals surface area contributed by atoms with Gasteiger partial charge in [-0.05, 0) is 66.0 Å². The smallest absolute Gasteiger partial charge is 0.417 e. The lowest BCUT2D eigenvalue weighted by atomic mass is 9.91. The van der Waals surface area contributed by atoms with Crippen molar-refractivity contribution in [2.24, 2.45) is 5.92 Å². The molecule has 1 fully saturated rings. The first-order valence-electron chi connectivity index (χ1n) is 8.13. The predicted octanol–water partition coefficient (Wildman–Crippen LogP) is 5.31. The summed E-state index contributed by atoms with van der Waals surface area (Å²) < 4.78 is 39.8. The highest BCUT2D eigenvalue weighted by Crippen LogP contribution is 2.39. The van der Waals surface area contributed by atoms with Gasteiger partial charge in [0.2, 0.25) is 0 Å². The number of likely N-dealkylation sites (tertiary alicyclic amines) is 1. The Hall–Kier alpha value is -1.57. The van der Waals surface area contributed by atoms with Gasteiger partial charge in [0.15, 0.2) is 0 Å². The number of carboxylic acids is 1. The fourth-order valence-electron chi connectivity index (χ4n) is 3.38. The fourth-order valence-corrected chi connectivity index (χ4v) is 4.28. The Bertz CT molecular complexity index is 771. The molecule has 140 valence electrons. The van der Waals surface area contributed by atoms with Crippen LogP contribution in [0.4, 0.5) is 13.2 Å². The van der Waals surface area contributed by atoms with Gasteiger partial charge in [0.05, 0.1) is 22.5 Å². The number of carbonyl (C=O) groups is 1. The third-order valence-corrected chi connectivity index (χ3v) is 5.75. The quantitative estimate of drug-likeness (QED) is 0.752. The van der Waals surface area contributed by atoms with Gasteiger partial charge in [-0.25, -0.2) is 0 Å². The first-order valence-corrected chi connectivity index (χ1v) is 9.45. The van der Waals surface area contributed by atoms with Crippen LogP contribution in [-0.2, 0) is 11.0 Å². The predicted molar refractivity (Wildman–Crippen MR) is 94.5 cm³/mol. The van der Waals surface area contributed by atoms with Crippen LogP contribution in [0, 0.1) is 5.92 Å². The molecule has 1 N–H and O–H groups in total. The Kier molecular flexibility index (Phi) is 5.60. The van der Waals surface area contributed by atoms with Crippen molar-refractivity contribution in [1.82, 2.24) is 4.90 Å². The van der Waals surface area contributed by atoms with Gasteiger partial charge in [-0.2, -0.15) is 24.5 Å². The zero-order chi connectivity index (χ0) is 18.9. The number of carboxylic acid groups (broad SMARTS) is 1. The van der Waals surface area contributed by atoms with E-state index in [0.717, 1.165) is 11.6 Å². The normalized spacial score (nSPS) is 18.0. The summed E-state index contributed by atoms with van der Waals surface area (Å²) in [5.74, 6) is -1.21. The van der Waals surface area contributed by atoms with Crippen LogP contribution in [0.5, 0.6) is 0 Å². The topological polar surface area (TPSA) is 40.5 Å². The Labute approximate surface area is 158 Å². The van der Waals surface area contributed by atoms with Gasteiger partial charge in [-0.15, -0.1) is 0 Å². The molecule has 1 aromatic heterocycles. The molecule has 1 aromatic carbocycles. The van der Waals surface area contributed by atoms with Crippen molar-refractivity contribution < 1.29 is 23.1 Å². The van der Waals surface area contributed by atoms with Crippen molar-refractivity contribution in [3.05, 3.63) is 56.7 Å². The van der Waals surface area contributed by atoms with E-state index >= 15 is 0 Å². The summed E-state index contributed by atoms with van der Waals surface area (Å²) in [6.07, 6.45) is -3.56. The van der Waals surface area contributed by atoms with Crippen molar-refractivity contribution >= 4 is 28.9 Å². The molecule has 2 heterocycles. The van der Waals surface area contributed by atoms with Crippen LogP contribution in [0.2, 0.25) is 5.02 Å². The number of nitrogens with zero attached hydrogens (tertiary/aromatic N) is 1. The molecule has 1 atom stereocenters. The van der Waals surface area contributed by atoms with Crippen molar-refractivity contribution in [2.75, 3.05) is 13.1 Å². The third-order valence-electron chi connectivity index (χ3n) is 4.71. The molecule has 1 saturated heterocycles. The van der Waals surface area contributed by atoms with E-state index in [2.05, 4.69) is 0 Å². The van der Waals surface area contributed by atoms with E-state index in [1.807, 2.05) is 21.7 Å². The maximum atomic E-state index is 13.3. The molecule has 1 aliphatic rings. The minimum atomic E-state index is -4.53. The third kappa shape index (κ3) is 4.05. The molecule has 0 aliphatic carbocycles. The molecule has 0 spiro atoms. The summed E-state index contributed by atoms with van der Waals surface area (Å²) in [4.78, 5) is 13.2. The van der Waals surface area contributed by atoms with Crippen LogP contribution in [0.25, 0.3) is 0 Å². The van der Waals surface area contributed by atoms with Crippen LogP contribution < -0.4 is 0 Å². The molecule has 1 aliphatic heterocycles. The summed E-state index contributed by atoms with van der Waals surface area (Å²) >= 11 is 7.23. The molecule has 0 amide bonds. The lowest BCUT2D eigenvalue weighted by Crippen LogP contribution is -2.39. The van der Waals surface area contributed by atoms with Crippen molar-refractivity contribution in [3.63, 3.8) is 0 Å². The number of aliphatic carboxylic acids is 1. The van der Waals surface area contributed by atoms with Crippen molar-refractivity contribution in [1.29, 1.82) is 0 Å². The van der Waals surface area contributed by atoms with E-state index in [4.69, 9.17) is 16.7 Å². The van der Waals surface area contributed by atoms with Gasteiger partial charge in [0, 0.05) is 0 Å². The van der Waals surface area contributed by atoms with Gasteiger partial charge in [0.25, 0.3) is 0 Å². The van der Waals surface area contributed by atoms with Crippen molar-refractivity contribution in [3.8, 4) is 0 Å². The van der Waals surface area contributed by atoms with Crippen LogP contribution in [0.3, 0.4) is 0 Å². The van der Waals surface area contributed by atoms with Crippen molar-refractivity contribution in [2.45, 2.75) is 25.1 Å². The number of benzene rings is 1. The molecule has 3 nitrogen and oxygen atoms in total. The van der Waals surface area contributed by atoms with Gasteiger partial charge in [-0.1, -0.05) is 17.7 Å². The summed E-state index contributed by atoms with van der Waals surface area (Å²) in [7, 11) is 0. The molecule has 0 saturated carbocycles. The average Bonchev–Trinajstić information content (AvgIpc) is 3.10. The summed E-state index contributed by atoms with van der Waals surface area (Å²) in [5, 5.41) is 12.6.